The second-order valence-electron chi connectivity index (χ2n) is 6.26. The van der Waals surface area contributed by atoms with Crippen LogP contribution in [0.4, 0.5) is 5.69 Å². The lowest BCUT2D eigenvalue weighted by Gasteiger charge is -2.25. The Balaban J connectivity index is 1.87. The first kappa shape index (κ1) is 15.1. The zero-order chi connectivity index (χ0) is 15.4. The molecular formula is C21H26N. The van der Waals surface area contributed by atoms with Crippen LogP contribution in [0, 0.1) is 12.8 Å². The molecule has 0 atom stereocenters. The summed E-state index contributed by atoms with van der Waals surface area (Å²) in [6.07, 6.45) is 4.83. The summed E-state index contributed by atoms with van der Waals surface area (Å²) in [5, 5.41) is 0. The van der Waals surface area contributed by atoms with Crippen molar-refractivity contribution in [3.63, 3.8) is 0 Å². The first-order valence-electron chi connectivity index (χ1n) is 8.53. The summed E-state index contributed by atoms with van der Waals surface area (Å²) >= 11 is 0. The minimum absolute atomic E-state index is 1.06. The predicted octanol–water partition coefficient (Wildman–Crippen LogP) is 5.17. The van der Waals surface area contributed by atoms with Gasteiger partial charge in [-0.2, -0.15) is 0 Å². The largest absolute Gasteiger partial charge is 0.371 e. The predicted molar refractivity (Wildman–Crippen MR) is 95.4 cm³/mol. The van der Waals surface area contributed by atoms with Gasteiger partial charge in [0.1, 0.15) is 0 Å². The molecule has 0 bridgehead atoms. The molecule has 1 heterocycles. The molecule has 1 heteroatoms. The van der Waals surface area contributed by atoms with E-state index in [4.69, 9.17) is 0 Å². The summed E-state index contributed by atoms with van der Waals surface area (Å²) in [5.41, 5.74) is 5.76. The van der Waals surface area contributed by atoms with Gasteiger partial charge < -0.3 is 4.90 Å². The molecule has 1 aliphatic rings. The van der Waals surface area contributed by atoms with Crippen molar-refractivity contribution in [3.8, 4) is 0 Å². The zero-order valence-corrected chi connectivity index (χ0v) is 13.8. The Morgan fingerprint density at radius 1 is 0.955 bits per heavy atom. The number of hydrogen-bond acceptors (Lipinski definition) is 1. The van der Waals surface area contributed by atoms with Gasteiger partial charge in [-0.15, -0.1) is 0 Å². The summed E-state index contributed by atoms with van der Waals surface area (Å²) in [6.45, 7) is 7.00. The van der Waals surface area contributed by atoms with Crippen LogP contribution in [0.5, 0.6) is 0 Å². The molecule has 1 radical (unpaired) electrons. The van der Waals surface area contributed by atoms with E-state index in [0.717, 1.165) is 12.8 Å². The zero-order valence-electron chi connectivity index (χ0n) is 13.8. The minimum Gasteiger partial charge on any atom is -0.371 e. The molecule has 0 aromatic heterocycles. The molecule has 1 fully saturated rings. The number of benzene rings is 2. The second-order valence-corrected chi connectivity index (χ2v) is 6.26. The monoisotopic (exact) mass is 292 g/mol. The van der Waals surface area contributed by atoms with E-state index in [9.17, 15) is 0 Å². The summed E-state index contributed by atoms with van der Waals surface area (Å²) in [6, 6.07) is 17.7. The van der Waals surface area contributed by atoms with Gasteiger partial charge in [0.05, 0.1) is 0 Å². The van der Waals surface area contributed by atoms with E-state index in [2.05, 4.69) is 67.3 Å². The van der Waals surface area contributed by atoms with Crippen molar-refractivity contribution in [2.75, 3.05) is 18.0 Å². The molecule has 2 aromatic carbocycles. The number of anilines is 1. The summed E-state index contributed by atoms with van der Waals surface area (Å²) < 4.78 is 0. The van der Waals surface area contributed by atoms with Crippen molar-refractivity contribution < 1.29 is 0 Å². The standard InChI is InChI=1S/C21H26N/c1-3-19(16-18-10-5-4-6-11-18)20-12-9-13-21(17(20)2)22-14-7-8-15-22/h4-6,9-13H,3,7-8,14-16H2,1-2H3. The third kappa shape index (κ3) is 3.19. The van der Waals surface area contributed by atoms with E-state index in [1.807, 2.05) is 0 Å². The van der Waals surface area contributed by atoms with Gasteiger partial charge in [-0.1, -0.05) is 49.4 Å². The topological polar surface area (TPSA) is 3.24 Å². The Morgan fingerprint density at radius 2 is 1.68 bits per heavy atom. The molecule has 1 aliphatic heterocycles. The SMILES string of the molecule is CC[C](Cc1ccccc1)c1cccc(N2CCCC2)c1C. The van der Waals surface area contributed by atoms with Crippen LogP contribution in [-0.2, 0) is 6.42 Å². The highest BCUT2D eigenvalue weighted by Crippen LogP contribution is 2.32. The first-order valence-corrected chi connectivity index (χ1v) is 8.53. The molecule has 1 nitrogen and oxygen atoms in total. The Kier molecular flexibility index (Phi) is 4.82. The number of nitrogens with zero attached hydrogens (tertiary/aromatic N) is 1. The van der Waals surface area contributed by atoms with Crippen molar-refractivity contribution in [2.24, 2.45) is 0 Å². The minimum atomic E-state index is 1.06. The van der Waals surface area contributed by atoms with E-state index in [1.54, 1.807) is 5.92 Å². The van der Waals surface area contributed by atoms with Crippen LogP contribution in [0.2, 0.25) is 0 Å². The van der Waals surface area contributed by atoms with Gasteiger partial charge in [-0.25, -0.2) is 0 Å². The number of rotatable bonds is 5. The first-order chi connectivity index (χ1) is 10.8. The molecule has 0 amide bonds. The van der Waals surface area contributed by atoms with Crippen LogP contribution in [0.3, 0.4) is 0 Å². The van der Waals surface area contributed by atoms with Crippen molar-refractivity contribution in [2.45, 2.75) is 39.5 Å². The van der Waals surface area contributed by atoms with E-state index < -0.39 is 0 Å². The van der Waals surface area contributed by atoms with Gasteiger partial charge in [0.15, 0.2) is 0 Å². The molecule has 3 rings (SSSR count). The maximum atomic E-state index is 2.55. The van der Waals surface area contributed by atoms with Gasteiger partial charge in [0.25, 0.3) is 0 Å². The smallest absolute Gasteiger partial charge is 0.0398 e. The van der Waals surface area contributed by atoms with Crippen molar-refractivity contribution in [1.29, 1.82) is 0 Å². The van der Waals surface area contributed by atoms with Crippen LogP contribution in [0.1, 0.15) is 42.9 Å². The molecule has 0 N–H and O–H groups in total. The Bertz CT molecular complexity index is 597. The van der Waals surface area contributed by atoms with Crippen LogP contribution in [0.15, 0.2) is 48.5 Å². The van der Waals surface area contributed by atoms with Crippen molar-refractivity contribution >= 4 is 5.69 Å². The summed E-state index contributed by atoms with van der Waals surface area (Å²) in [7, 11) is 0. The lowest BCUT2D eigenvalue weighted by atomic mass is 9.86. The third-order valence-corrected chi connectivity index (χ3v) is 4.82. The molecule has 0 spiro atoms. The van der Waals surface area contributed by atoms with Crippen molar-refractivity contribution in [1.82, 2.24) is 0 Å². The Morgan fingerprint density at radius 3 is 2.36 bits per heavy atom. The normalized spacial score (nSPS) is 14.8. The van der Waals surface area contributed by atoms with Gasteiger partial charge in [0.2, 0.25) is 0 Å². The summed E-state index contributed by atoms with van der Waals surface area (Å²) in [5.74, 6) is 1.55. The van der Waals surface area contributed by atoms with E-state index >= 15 is 0 Å². The second kappa shape index (κ2) is 7.00. The fourth-order valence-corrected chi connectivity index (χ4v) is 3.56. The fourth-order valence-electron chi connectivity index (χ4n) is 3.56. The maximum absolute atomic E-state index is 2.55. The molecule has 2 aromatic rings. The molecular weight excluding hydrogens is 266 g/mol. The van der Waals surface area contributed by atoms with E-state index in [-0.39, 0.29) is 0 Å². The average molecular weight is 292 g/mol. The molecule has 115 valence electrons. The average Bonchev–Trinajstić information content (AvgIpc) is 3.08. The van der Waals surface area contributed by atoms with Crippen molar-refractivity contribution in [3.05, 3.63) is 71.1 Å². The van der Waals surface area contributed by atoms with Gasteiger partial charge >= 0.3 is 0 Å². The Hall–Kier alpha value is -1.76. The Labute approximate surface area is 135 Å². The van der Waals surface area contributed by atoms with Crippen LogP contribution < -0.4 is 4.90 Å². The quantitative estimate of drug-likeness (QED) is 0.735. The highest BCUT2D eigenvalue weighted by atomic mass is 15.1. The van der Waals surface area contributed by atoms with Crippen LogP contribution >= 0.6 is 0 Å². The summed E-state index contributed by atoms with van der Waals surface area (Å²) in [4.78, 5) is 2.55. The third-order valence-electron chi connectivity index (χ3n) is 4.82. The highest BCUT2D eigenvalue weighted by molar-refractivity contribution is 5.60. The molecule has 0 unspecified atom stereocenters. The van der Waals surface area contributed by atoms with Crippen LogP contribution in [0.25, 0.3) is 0 Å². The molecule has 22 heavy (non-hydrogen) atoms. The molecule has 0 aliphatic carbocycles. The van der Waals surface area contributed by atoms with Gasteiger partial charge in [-0.3, -0.25) is 0 Å². The lowest BCUT2D eigenvalue weighted by Crippen LogP contribution is -2.19. The maximum Gasteiger partial charge on any atom is 0.0398 e. The fraction of sp³-hybridized carbons (Fsp3) is 0.381. The molecule has 0 saturated carbocycles. The van der Waals surface area contributed by atoms with Crippen LogP contribution in [-0.4, -0.2) is 13.1 Å². The van der Waals surface area contributed by atoms with Gasteiger partial charge in [-0.05, 0) is 55.4 Å². The highest BCUT2D eigenvalue weighted by Gasteiger charge is 2.19. The molecule has 1 saturated heterocycles. The number of hydrogen-bond donors (Lipinski definition) is 0. The van der Waals surface area contributed by atoms with E-state index in [0.29, 0.717) is 0 Å². The van der Waals surface area contributed by atoms with Gasteiger partial charge in [0, 0.05) is 24.7 Å². The lowest BCUT2D eigenvalue weighted by molar-refractivity contribution is 0.862. The van der Waals surface area contributed by atoms with E-state index in [1.165, 1.54) is 48.3 Å².